The Bertz CT molecular complexity index is 1620. The summed E-state index contributed by atoms with van der Waals surface area (Å²) in [7, 11) is 0. The quantitative estimate of drug-likeness (QED) is 0.0204. The molecule has 12 atom stereocenters. The summed E-state index contributed by atoms with van der Waals surface area (Å²) >= 11 is 0. The number of carbonyl (C=O) groups excluding carboxylic acids is 1. The van der Waals surface area contributed by atoms with E-state index in [2.05, 4.69) is 79.9 Å². The Morgan fingerprint density at radius 3 is 1.28 bits per heavy atom. The molecule has 2 aliphatic rings. The molecule has 0 aromatic rings. The number of unbranched alkanes of at least 4 members (excludes halogenated alkanes) is 32. The molecule has 14 nitrogen and oxygen atoms in total. The van der Waals surface area contributed by atoms with Gasteiger partial charge in [-0.15, -0.1) is 0 Å². The van der Waals surface area contributed by atoms with Gasteiger partial charge in [-0.05, 0) is 57.8 Å². The molecule has 2 heterocycles. The first kappa shape index (κ1) is 76.8. The van der Waals surface area contributed by atoms with E-state index in [9.17, 15) is 45.6 Å². The summed E-state index contributed by atoms with van der Waals surface area (Å²) in [6.45, 7) is 2.78. The van der Waals surface area contributed by atoms with Crippen LogP contribution in [0.5, 0.6) is 0 Å². The summed E-state index contributed by atoms with van der Waals surface area (Å²) in [5, 5.41) is 87.6. The average molecular weight is 1180 g/mol. The molecule has 9 N–H and O–H groups in total. The highest BCUT2D eigenvalue weighted by molar-refractivity contribution is 5.76. The van der Waals surface area contributed by atoms with Crippen molar-refractivity contribution in [3.05, 3.63) is 60.8 Å². The molecule has 0 aromatic carbocycles. The molecular formula is C69H125NO13. The molecule has 0 aliphatic carbocycles. The summed E-state index contributed by atoms with van der Waals surface area (Å²) in [5.74, 6) is -0.212. The fourth-order valence-electron chi connectivity index (χ4n) is 11.1. The second-order valence-electron chi connectivity index (χ2n) is 23.9. The first-order valence-corrected chi connectivity index (χ1v) is 34.0. The van der Waals surface area contributed by atoms with Crippen molar-refractivity contribution in [3.8, 4) is 0 Å². The summed E-state index contributed by atoms with van der Waals surface area (Å²) < 4.78 is 22.9. The van der Waals surface area contributed by atoms with E-state index in [-0.39, 0.29) is 12.5 Å². The minimum atomic E-state index is -1.79. The van der Waals surface area contributed by atoms with Crippen LogP contribution in [-0.4, -0.2) is 140 Å². The number of nitrogens with one attached hydrogen (secondary N) is 1. The Morgan fingerprint density at radius 2 is 0.831 bits per heavy atom. The molecule has 2 fully saturated rings. The van der Waals surface area contributed by atoms with E-state index < -0.39 is 86.8 Å². The van der Waals surface area contributed by atoms with Crippen LogP contribution in [0.3, 0.4) is 0 Å². The number of aliphatic hydroxyl groups excluding tert-OH is 8. The number of carbonyl (C=O) groups is 1. The fourth-order valence-corrected chi connectivity index (χ4v) is 11.1. The van der Waals surface area contributed by atoms with Crippen LogP contribution >= 0.6 is 0 Å². The first-order chi connectivity index (χ1) is 40.6. The fraction of sp³-hybridized carbons (Fsp3) is 0.841. The monoisotopic (exact) mass is 1180 g/mol. The number of amides is 1. The Kier molecular flexibility index (Phi) is 49.9. The Labute approximate surface area is 505 Å². The van der Waals surface area contributed by atoms with Gasteiger partial charge in [-0.1, -0.05) is 274 Å². The Morgan fingerprint density at radius 1 is 0.446 bits per heavy atom. The van der Waals surface area contributed by atoms with Crippen molar-refractivity contribution in [3.63, 3.8) is 0 Å². The van der Waals surface area contributed by atoms with Gasteiger partial charge in [-0.25, -0.2) is 0 Å². The van der Waals surface area contributed by atoms with E-state index in [0.717, 1.165) is 83.5 Å². The molecule has 0 aromatic heterocycles. The van der Waals surface area contributed by atoms with Crippen molar-refractivity contribution < 1.29 is 64.6 Å². The zero-order valence-corrected chi connectivity index (χ0v) is 52.4. The third kappa shape index (κ3) is 38.6. The maximum atomic E-state index is 13.3. The molecule has 12 unspecified atom stereocenters. The second-order valence-corrected chi connectivity index (χ2v) is 23.9. The summed E-state index contributed by atoms with van der Waals surface area (Å²) in [4.78, 5) is 13.3. The van der Waals surface area contributed by atoms with Crippen LogP contribution in [0.1, 0.15) is 277 Å². The van der Waals surface area contributed by atoms with Gasteiger partial charge < -0.3 is 65.1 Å². The molecule has 0 bridgehead atoms. The molecule has 0 saturated carbocycles. The summed E-state index contributed by atoms with van der Waals surface area (Å²) in [5.41, 5.74) is 0. The molecule has 2 rings (SSSR count). The molecule has 484 valence electrons. The van der Waals surface area contributed by atoms with Crippen LogP contribution in [0.4, 0.5) is 0 Å². The molecule has 14 heteroatoms. The SMILES string of the molecule is CC/C=C\C/C=C\C/C=C\C/C=C\C/C=C\CCCCCCCCCCCC(=O)NC(COC1OC(CO)C(OC2OC(CO)C(O)C(O)C2O)C(O)C1O)C(O)CCCCCCCCCCCCCCCCCCCCCCCCCC. The van der Waals surface area contributed by atoms with E-state index in [1.807, 2.05) is 0 Å². The van der Waals surface area contributed by atoms with Crippen LogP contribution in [0, 0.1) is 0 Å². The van der Waals surface area contributed by atoms with Crippen molar-refractivity contribution in [2.45, 2.75) is 351 Å². The van der Waals surface area contributed by atoms with Crippen molar-refractivity contribution in [2.75, 3.05) is 19.8 Å². The molecule has 83 heavy (non-hydrogen) atoms. The van der Waals surface area contributed by atoms with Gasteiger partial charge in [0.05, 0.1) is 32.0 Å². The molecule has 0 spiro atoms. The predicted octanol–water partition coefficient (Wildman–Crippen LogP) is 13.3. The smallest absolute Gasteiger partial charge is 0.220 e. The van der Waals surface area contributed by atoms with Gasteiger partial charge >= 0.3 is 0 Å². The minimum Gasteiger partial charge on any atom is -0.394 e. The van der Waals surface area contributed by atoms with E-state index in [1.165, 1.54) is 161 Å². The summed E-state index contributed by atoms with van der Waals surface area (Å²) in [6, 6.07) is -0.836. The lowest BCUT2D eigenvalue weighted by atomic mass is 9.97. The number of ether oxygens (including phenoxy) is 4. The third-order valence-electron chi connectivity index (χ3n) is 16.5. The van der Waals surface area contributed by atoms with Gasteiger partial charge in [0.15, 0.2) is 12.6 Å². The summed E-state index contributed by atoms with van der Waals surface area (Å²) in [6.07, 6.45) is 53.6. The average Bonchev–Trinajstić information content (AvgIpc) is 3.65. The van der Waals surface area contributed by atoms with Crippen molar-refractivity contribution in [1.82, 2.24) is 5.32 Å². The van der Waals surface area contributed by atoms with Crippen molar-refractivity contribution >= 4 is 5.91 Å². The Hall–Kier alpha value is -2.31. The van der Waals surface area contributed by atoms with Crippen LogP contribution < -0.4 is 5.32 Å². The van der Waals surface area contributed by atoms with Crippen LogP contribution in [-0.2, 0) is 23.7 Å². The number of allylic oxidation sites excluding steroid dienone is 10. The number of rotatable bonds is 55. The number of hydrogen-bond acceptors (Lipinski definition) is 13. The Balaban J connectivity index is 1.70. The van der Waals surface area contributed by atoms with E-state index in [4.69, 9.17) is 18.9 Å². The third-order valence-corrected chi connectivity index (χ3v) is 16.5. The largest absolute Gasteiger partial charge is 0.394 e. The van der Waals surface area contributed by atoms with Crippen molar-refractivity contribution in [1.29, 1.82) is 0 Å². The lowest BCUT2D eigenvalue weighted by molar-refractivity contribution is -0.359. The maximum absolute atomic E-state index is 13.3. The van der Waals surface area contributed by atoms with E-state index in [0.29, 0.717) is 19.3 Å². The first-order valence-electron chi connectivity index (χ1n) is 34.0. The van der Waals surface area contributed by atoms with Gasteiger partial charge in [0.2, 0.25) is 5.91 Å². The van der Waals surface area contributed by atoms with Crippen LogP contribution in [0.2, 0.25) is 0 Å². The van der Waals surface area contributed by atoms with Crippen molar-refractivity contribution in [2.24, 2.45) is 0 Å². The maximum Gasteiger partial charge on any atom is 0.220 e. The van der Waals surface area contributed by atoms with Crippen LogP contribution in [0.15, 0.2) is 60.8 Å². The van der Waals surface area contributed by atoms with E-state index in [1.54, 1.807) is 0 Å². The van der Waals surface area contributed by atoms with Gasteiger partial charge in [0.25, 0.3) is 0 Å². The molecular weight excluding hydrogens is 1050 g/mol. The predicted molar refractivity (Wildman–Crippen MR) is 337 cm³/mol. The zero-order chi connectivity index (χ0) is 60.2. The lowest BCUT2D eigenvalue weighted by Gasteiger charge is -2.46. The topological polar surface area (TPSA) is 228 Å². The van der Waals surface area contributed by atoms with Gasteiger partial charge in [-0.2, -0.15) is 0 Å². The van der Waals surface area contributed by atoms with Gasteiger partial charge in [0.1, 0.15) is 48.8 Å². The van der Waals surface area contributed by atoms with Gasteiger partial charge in [0, 0.05) is 6.42 Å². The normalized spacial score (nSPS) is 24.2. The van der Waals surface area contributed by atoms with Crippen LogP contribution in [0.25, 0.3) is 0 Å². The molecule has 1 amide bonds. The highest BCUT2D eigenvalue weighted by Gasteiger charge is 2.51. The standard InChI is InChI=1S/C69H125NO13/c1-3-5-7-9-11-13-15-17-19-21-23-25-27-29-31-33-35-37-39-41-43-45-47-49-51-53-61(74)70-57(56-80-68-66(79)64(77)67(60(55-72)82-68)83-69-65(78)63(76)62(75)59(54-71)81-69)58(73)52-50-48-46-44-42-40-38-36-34-32-30-28-26-24-22-20-18-16-14-12-10-8-6-4-2/h5,7,11,13,17,19,23,25,29,31,57-60,62-69,71-73,75-79H,3-4,6,8-10,12,14-16,18,20-22,24,26-28,30,32-56H2,1-2H3,(H,70,74)/b7-5-,13-11-,19-17-,25-23-,31-29-. The zero-order valence-electron chi connectivity index (χ0n) is 52.4. The molecule has 2 aliphatic heterocycles. The number of aliphatic hydroxyl groups is 8. The van der Waals surface area contributed by atoms with Gasteiger partial charge in [-0.3, -0.25) is 4.79 Å². The van der Waals surface area contributed by atoms with E-state index >= 15 is 0 Å². The second kappa shape index (κ2) is 53.9. The number of hydrogen-bond donors (Lipinski definition) is 9. The molecule has 0 radical (unpaired) electrons. The highest BCUT2D eigenvalue weighted by Crippen LogP contribution is 2.30. The highest BCUT2D eigenvalue weighted by atomic mass is 16.7. The molecule has 2 saturated heterocycles. The lowest BCUT2D eigenvalue weighted by Crippen LogP contribution is -2.65. The minimum absolute atomic E-state index is 0.212.